The van der Waals surface area contributed by atoms with Crippen LogP contribution in [-0.2, 0) is 15.1 Å². The van der Waals surface area contributed by atoms with Crippen LogP contribution in [0.25, 0.3) is 11.3 Å². The molecule has 11 heteroatoms. The third-order valence-electron chi connectivity index (χ3n) is 7.73. The molecule has 38 heavy (non-hydrogen) atoms. The standard InChI is InChI=1S/C27H35N7O4/c1-18-11-19(12-22(27(35)16-37-17-27)24(18)33-7-9-36-10-8-33)23-14-29-25(28)26(31-23)38-21-13-30-34(15-21)20-3-5-32(2)6-4-20/h11-15,20,35H,3-10,16-17H2,1-2H3,(H2,28,29). The van der Waals surface area contributed by atoms with E-state index in [2.05, 4.69) is 39.9 Å². The van der Waals surface area contributed by atoms with Crippen molar-refractivity contribution in [2.24, 2.45) is 0 Å². The number of hydrogen-bond donors (Lipinski definition) is 2. The lowest BCUT2D eigenvalue weighted by atomic mass is 9.86. The number of nitrogens with zero attached hydrogens (tertiary/aromatic N) is 6. The maximum atomic E-state index is 11.3. The Labute approximate surface area is 222 Å². The van der Waals surface area contributed by atoms with Crippen molar-refractivity contribution in [1.29, 1.82) is 0 Å². The predicted molar refractivity (Wildman–Crippen MR) is 142 cm³/mol. The first kappa shape index (κ1) is 25.1. The molecule has 0 aliphatic carbocycles. The smallest absolute Gasteiger partial charge is 0.263 e. The summed E-state index contributed by atoms with van der Waals surface area (Å²) in [6, 6.07) is 4.41. The van der Waals surface area contributed by atoms with Gasteiger partial charge in [0.25, 0.3) is 5.88 Å². The van der Waals surface area contributed by atoms with Crippen molar-refractivity contribution >= 4 is 11.5 Å². The topological polar surface area (TPSA) is 124 Å². The molecule has 0 atom stereocenters. The molecule has 3 fully saturated rings. The van der Waals surface area contributed by atoms with Crippen LogP contribution in [0.4, 0.5) is 11.5 Å². The number of ether oxygens (including phenoxy) is 3. The van der Waals surface area contributed by atoms with Crippen LogP contribution in [0.15, 0.2) is 30.7 Å². The van der Waals surface area contributed by atoms with Crippen LogP contribution < -0.4 is 15.4 Å². The summed E-state index contributed by atoms with van der Waals surface area (Å²) in [5.41, 5.74) is 9.46. The van der Waals surface area contributed by atoms with E-state index < -0.39 is 5.60 Å². The van der Waals surface area contributed by atoms with Crippen molar-refractivity contribution in [3.63, 3.8) is 0 Å². The molecule has 0 radical (unpaired) electrons. The lowest BCUT2D eigenvalue weighted by Gasteiger charge is -2.41. The van der Waals surface area contributed by atoms with Crippen LogP contribution >= 0.6 is 0 Å². The Morgan fingerprint density at radius 3 is 2.55 bits per heavy atom. The first-order chi connectivity index (χ1) is 18.4. The third kappa shape index (κ3) is 4.82. The molecule has 11 nitrogen and oxygen atoms in total. The van der Waals surface area contributed by atoms with Gasteiger partial charge < -0.3 is 34.9 Å². The molecule has 3 aliphatic heterocycles. The molecule has 2 aromatic heterocycles. The van der Waals surface area contributed by atoms with Gasteiger partial charge in [0.05, 0.1) is 56.8 Å². The minimum atomic E-state index is -1.04. The van der Waals surface area contributed by atoms with Crippen LogP contribution in [0, 0.1) is 6.92 Å². The minimum absolute atomic E-state index is 0.202. The highest BCUT2D eigenvalue weighted by Crippen LogP contribution is 2.41. The molecule has 3 aromatic rings. The molecule has 3 N–H and O–H groups in total. The van der Waals surface area contributed by atoms with Gasteiger partial charge in [0.15, 0.2) is 11.6 Å². The fourth-order valence-electron chi connectivity index (χ4n) is 5.48. The Morgan fingerprint density at radius 1 is 1.08 bits per heavy atom. The maximum Gasteiger partial charge on any atom is 0.263 e. The Hall–Kier alpha value is -3.25. The van der Waals surface area contributed by atoms with E-state index in [4.69, 9.17) is 24.9 Å². The quantitative estimate of drug-likeness (QED) is 0.499. The number of aromatic nitrogens is 4. The molecule has 6 rings (SSSR count). The van der Waals surface area contributed by atoms with Gasteiger partial charge in [-0.05, 0) is 57.6 Å². The summed E-state index contributed by atoms with van der Waals surface area (Å²) >= 11 is 0. The molecule has 5 heterocycles. The second kappa shape index (κ2) is 10.1. The Morgan fingerprint density at radius 2 is 1.84 bits per heavy atom. The highest BCUT2D eigenvalue weighted by Gasteiger charge is 2.41. The molecular formula is C27H35N7O4. The van der Waals surface area contributed by atoms with E-state index in [1.165, 1.54) is 0 Å². The fourth-order valence-corrected chi connectivity index (χ4v) is 5.48. The summed E-state index contributed by atoms with van der Waals surface area (Å²) in [5, 5.41) is 15.9. The number of likely N-dealkylation sites (tertiary alicyclic amines) is 1. The predicted octanol–water partition coefficient (Wildman–Crippen LogP) is 2.34. The average molecular weight is 522 g/mol. The van der Waals surface area contributed by atoms with E-state index in [0.29, 0.717) is 30.7 Å². The molecule has 0 unspecified atom stereocenters. The van der Waals surface area contributed by atoms with Crippen molar-refractivity contribution in [1.82, 2.24) is 24.6 Å². The number of morpholine rings is 1. The molecule has 3 saturated heterocycles. The summed E-state index contributed by atoms with van der Waals surface area (Å²) in [6.45, 7) is 7.54. The number of aliphatic hydroxyl groups is 1. The monoisotopic (exact) mass is 521 g/mol. The molecule has 1 aromatic carbocycles. The van der Waals surface area contributed by atoms with E-state index in [0.717, 1.165) is 61.4 Å². The fraction of sp³-hybridized carbons (Fsp3) is 0.519. The van der Waals surface area contributed by atoms with Gasteiger partial charge in [-0.1, -0.05) is 0 Å². The summed E-state index contributed by atoms with van der Waals surface area (Å²) in [4.78, 5) is 13.7. The summed E-state index contributed by atoms with van der Waals surface area (Å²) in [6.07, 6.45) is 7.33. The zero-order valence-electron chi connectivity index (χ0n) is 22.0. The van der Waals surface area contributed by atoms with Crippen LogP contribution in [0.5, 0.6) is 11.6 Å². The first-order valence-corrected chi connectivity index (χ1v) is 13.2. The van der Waals surface area contributed by atoms with Crippen LogP contribution in [0.3, 0.4) is 0 Å². The lowest BCUT2D eigenvalue weighted by Crippen LogP contribution is -2.48. The van der Waals surface area contributed by atoms with E-state index in [-0.39, 0.29) is 24.9 Å². The second-order valence-corrected chi connectivity index (χ2v) is 10.6. The largest absolute Gasteiger partial charge is 0.433 e. The molecular weight excluding hydrogens is 486 g/mol. The second-order valence-electron chi connectivity index (χ2n) is 10.6. The maximum absolute atomic E-state index is 11.3. The van der Waals surface area contributed by atoms with Gasteiger partial charge in [0.1, 0.15) is 5.60 Å². The highest BCUT2D eigenvalue weighted by molar-refractivity contribution is 5.72. The average Bonchev–Trinajstić information content (AvgIpc) is 3.37. The Balaban J connectivity index is 1.29. The SMILES string of the molecule is Cc1cc(-c2cnc(N)c(Oc3cnn(C4CCN(C)CC4)c3)n2)cc(C2(O)COC2)c1N1CCOCC1. The molecule has 0 amide bonds. The summed E-state index contributed by atoms with van der Waals surface area (Å²) < 4.78 is 19.0. The zero-order valence-corrected chi connectivity index (χ0v) is 22.0. The summed E-state index contributed by atoms with van der Waals surface area (Å²) in [7, 11) is 2.14. The number of rotatable bonds is 6. The lowest BCUT2D eigenvalue weighted by molar-refractivity contribution is -0.184. The number of nitrogens with two attached hydrogens (primary N) is 1. The van der Waals surface area contributed by atoms with Gasteiger partial charge >= 0.3 is 0 Å². The molecule has 0 spiro atoms. The van der Waals surface area contributed by atoms with Crippen molar-refractivity contribution in [2.45, 2.75) is 31.4 Å². The first-order valence-electron chi connectivity index (χ1n) is 13.2. The third-order valence-corrected chi connectivity index (χ3v) is 7.73. The van der Waals surface area contributed by atoms with Crippen molar-refractivity contribution in [3.8, 4) is 22.9 Å². The van der Waals surface area contributed by atoms with E-state index in [1.54, 1.807) is 12.4 Å². The zero-order chi connectivity index (χ0) is 26.3. The van der Waals surface area contributed by atoms with Gasteiger partial charge in [0, 0.05) is 29.9 Å². The van der Waals surface area contributed by atoms with Crippen molar-refractivity contribution in [3.05, 3.63) is 41.9 Å². The molecule has 202 valence electrons. The number of benzene rings is 1. The van der Waals surface area contributed by atoms with E-state index >= 15 is 0 Å². The van der Waals surface area contributed by atoms with E-state index in [1.807, 2.05) is 16.9 Å². The van der Waals surface area contributed by atoms with Gasteiger partial charge in [-0.25, -0.2) is 9.97 Å². The normalized spacial score (nSPS) is 20.3. The number of nitrogen functional groups attached to an aromatic ring is 1. The molecule has 0 saturated carbocycles. The van der Waals surface area contributed by atoms with Crippen molar-refractivity contribution < 1.29 is 19.3 Å². The van der Waals surface area contributed by atoms with Gasteiger partial charge in [-0.2, -0.15) is 5.10 Å². The number of anilines is 2. The van der Waals surface area contributed by atoms with Crippen molar-refractivity contribution in [2.75, 3.05) is 70.3 Å². The Kier molecular flexibility index (Phi) is 6.68. The molecule has 0 bridgehead atoms. The van der Waals surface area contributed by atoms with Crippen LogP contribution in [-0.4, -0.2) is 89.4 Å². The van der Waals surface area contributed by atoms with Crippen LogP contribution in [0.1, 0.15) is 30.0 Å². The number of piperidine rings is 1. The van der Waals surface area contributed by atoms with Gasteiger partial charge in [0.2, 0.25) is 0 Å². The van der Waals surface area contributed by atoms with Gasteiger partial charge in [-0.3, -0.25) is 4.68 Å². The minimum Gasteiger partial charge on any atom is -0.433 e. The van der Waals surface area contributed by atoms with Crippen LogP contribution in [0.2, 0.25) is 0 Å². The van der Waals surface area contributed by atoms with E-state index in [9.17, 15) is 5.11 Å². The highest BCUT2D eigenvalue weighted by atomic mass is 16.5. The number of hydrogen-bond acceptors (Lipinski definition) is 10. The number of aryl methyl sites for hydroxylation is 1. The molecule has 3 aliphatic rings. The van der Waals surface area contributed by atoms with Gasteiger partial charge in [-0.15, -0.1) is 0 Å². The summed E-state index contributed by atoms with van der Waals surface area (Å²) in [5.74, 6) is 1.00. The Bertz CT molecular complexity index is 1290.